The Morgan fingerprint density at radius 1 is 1.05 bits per heavy atom. The van der Waals surface area contributed by atoms with Crippen LogP contribution in [0.2, 0.25) is 0 Å². The molecule has 0 atom stereocenters. The van der Waals surface area contributed by atoms with E-state index in [1.807, 2.05) is 42.5 Å². The monoisotopic (exact) mass is 284 g/mol. The average Bonchev–Trinajstić information content (AvgIpc) is 3.00. The van der Waals surface area contributed by atoms with E-state index in [2.05, 4.69) is 10.3 Å². The van der Waals surface area contributed by atoms with Crippen LogP contribution in [0.1, 0.15) is 36.2 Å². The van der Waals surface area contributed by atoms with Crippen LogP contribution in [0.4, 0.5) is 0 Å². The SMILES string of the molecule is O=C(NC1CCC(O)CC1)c1ccc(-c2ccccc2)[nH]1. The minimum absolute atomic E-state index is 0.0708. The van der Waals surface area contributed by atoms with Crippen molar-refractivity contribution >= 4 is 5.91 Å². The predicted molar refractivity (Wildman–Crippen MR) is 82.0 cm³/mol. The minimum Gasteiger partial charge on any atom is -0.393 e. The molecule has 1 fully saturated rings. The third-order valence-electron chi connectivity index (χ3n) is 4.05. The first-order valence-corrected chi connectivity index (χ1v) is 7.46. The number of amides is 1. The van der Waals surface area contributed by atoms with Gasteiger partial charge in [-0.3, -0.25) is 4.79 Å². The number of carbonyl (C=O) groups excluding carboxylic acids is 1. The highest BCUT2D eigenvalue weighted by atomic mass is 16.3. The maximum absolute atomic E-state index is 12.2. The van der Waals surface area contributed by atoms with Gasteiger partial charge in [-0.1, -0.05) is 30.3 Å². The van der Waals surface area contributed by atoms with Crippen molar-refractivity contribution in [2.45, 2.75) is 37.8 Å². The predicted octanol–water partition coefficient (Wildman–Crippen LogP) is 2.71. The quantitative estimate of drug-likeness (QED) is 0.811. The second-order valence-electron chi connectivity index (χ2n) is 5.63. The Morgan fingerprint density at radius 3 is 2.48 bits per heavy atom. The van der Waals surface area contributed by atoms with Crippen LogP contribution in [0.15, 0.2) is 42.5 Å². The molecule has 0 radical (unpaired) electrons. The fourth-order valence-corrected chi connectivity index (χ4v) is 2.80. The summed E-state index contributed by atoms with van der Waals surface area (Å²) in [7, 11) is 0. The first kappa shape index (κ1) is 13.9. The highest BCUT2D eigenvalue weighted by molar-refractivity contribution is 5.93. The maximum atomic E-state index is 12.2. The third-order valence-corrected chi connectivity index (χ3v) is 4.05. The highest BCUT2D eigenvalue weighted by Gasteiger charge is 2.21. The molecule has 3 N–H and O–H groups in total. The summed E-state index contributed by atoms with van der Waals surface area (Å²) in [5, 5.41) is 12.5. The molecule has 0 aliphatic heterocycles. The van der Waals surface area contributed by atoms with Crippen LogP contribution in [0.25, 0.3) is 11.3 Å². The first-order chi connectivity index (χ1) is 10.2. The molecule has 0 spiro atoms. The van der Waals surface area contributed by atoms with Crippen LogP contribution in [-0.2, 0) is 0 Å². The van der Waals surface area contributed by atoms with Crippen LogP contribution >= 0.6 is 0 Å². The molecule has 1 heterocycles. The Labute approximate surface area is 124 Å². The zero-order valence-electron chi connectivity index (χ0n) is 11.9. The number of nitrogens with one attached hydrogen (secondary N) is 2. The van der Waals surface area contributed by atoms with Crippen LogP contribution in [-0.4, -0.2) is 28.1 Å². The molecule has 0 bridgehead atoms. The molecule has 4 nitrogen and oxygen atoms in total. The van der Waals surface area contributed by atoms with Crippen molar-refractivity contribution in [2.24, 2.45) is 0 Å². The Bertz CT molecular complexity index is 598. The molecule has 2 aromatic rings. The van der Waals surface area contributed by atoms with Crippen molar-refractivity contribution in [3.8, 4) is 11.3 Å². The van der Waals surface area contributed by atoms with Gasteiger partial charge < -0.3 is 15.4 Å². The largest absolute Gasteiger partial charge is 0.393 e. The molecule has 1 aromatic carbocycles. The number of benzene rings is 1. The Kier molecular flexibility index (Phi) is 4.06. The highest BCUT2D eigenvalue weighted by Crippen LogP contribution is 2.20. The van der Waals surface area contributed by atoms with E-state index >= 15 is 0 Å². The summed E-state index contributed by atoms with van der Waals surface area (Å²) in [5.74, 6) is -0.0708. The van der Waals surface area contributed by atoms with Crippen molar-refractivity contribution in [2.75, 3.05) is 0 Å². The van der Waals surface area contributed by atoms with E-state index in [0.29, 0.717) is 5.69 Å². The van der Waals surface area contributed by atoms with Gasteiger partial charge in [0, 0.05) is 11.7 Å². The lowest BCUT2D eigenvalue weighted by Crippen LogP contribution is -2.38. The summed E-state index contributed by atoms with van der Waals surface area (Å²) in [4.78, 5) is 15.4. The summed E-state index contributed by atoms with van der Waals surface area (Å²) in [6.45, 7) is 0. The number of rotatable bonds is 3. The fourth-order valence-electron chi connectivity index (χ4n) is 2.80. The summed E-state index contributed by atoms with van der Waals surface area (Å²) in [5.41, 5.74) is 2.59. The van der Waals surface area contributed by atoms with Crippen LogP contribution in [0.3, 0.4) is 0 Å². The van der Waals surface area contributed by atoms with Gasteiger partial charge in [-0.15, -0.1) is 0 Å². The van der Waals surface area contributed by atoms with Crippen molar-refractivity contribution in [1.82, 2.24) is 10.3 Å². The standard InChI is InChI=1S/C17H20N2O2/c20-14-8-6-13(7-9-14)18-17(21)16-11-10-15(19-16)12-4-2-1-3-5-12/h1-5,10-11,13-14,19-20H,6-9H2,(H,18,21). The zero-order valence-corrected chi connectivity index (χ0v) is 11.9. The lowest BCUT2D eigenvalue weighted by atomic mass is 9.93. The van der Waals surface area contributed by atoms with E-state index in [9.17, 15) is 9.90 Å². The number of aromatic amines is 1. The topological polar surface area (TPSA) is 65.1 Å². The number of hydrogen-bond donors (Lipinski definition) is 3. The summed E-state index contributed by atoms with van der Waals surface area (Å²) < 4.78 is 0. The molecule has 1 amide bonds. The number of H-pyrrole nitrogens is 1. The fraction of sp³-hybridized carbons (Fsp3) is 0.353. The molecular formula is C17H20N2O2. The average molecular weight is 284 g/mol. The van der Waals surface area contributed by atoms with Gasteiger partial charge in [0.25, 0.3) is 5.91 Å². The first-order valence-electron chi connectivity index (χ1n) is 7.46. The van der Waals surface area contributed by atoms with E-state index in [0.717, 1.165) is 36.9 Å². The molecule has 1 saturated carbocycles. The van der Waals surface area contributed by atoms with Gasteiger partial charge in [0.15, 0.2) is 0 Å². The molecule has 1 aromatic heterocycles. The van der Waals surface area contributed by atoms with Gasteiger partial charge >= 0.3 is 0 Å². The van der Waals surface area contributed by atoms with Crippen molar-refractivity contribution in [3.63, 3.8) is 0 Å². The molecule has 0 unspecified atom stereocenters. The second-order valence-corrected chi connectivity index (χ2v) is 5.63. The van der Waals surface area contributed by atoms with Crippen molar-refractivity contribution in [3.05, 3.63) is 48.2 Å². The smallest absolute Gasteiger partial charge is 0.267 e. The van der Waals surface area contributed by atoms with Gasteiger partial charge in [-0.2, -0.15) is 0 Å². The minimum atomic E-state index is -0.201. The molecule has 1 aliphatic carbocycles. The van der Waals surface area contributed by atoms with Crippen LogP contribution in [0, 0.1) is 0 Å². The van der Waals surface area contributed by atoms with E-state index in [1.54, 1.807) is 0 Å². The number of aromatic nitrogens is 1. The second kappa shape index (κ2) is 6.14. The molecule has 21 heavy (non-hydrogen) atoms. The van der Waals surface area contributed by atoms with E-state index in [4.69, 9.17) is 0 Å². The summed E-state index contributed by atoms with van der Waals surface area (Å²) in [6, 6.07) is 13.9. The lowest BCUT2D eigenvalue weighted by Gasteiger charge is -2.25. The third kappa shape index (κ3) is 3.34. The van der Waals surface area contributed by atoms with Gasteiger partial charge in [-0.25, -0.2) is 0 Å². The molecule has 4 heteroatoms. The number of carbonyl (C=O) groups is 1. The van der Waals surface area contributed by atoms with Gasteiger partial charge in [0.05, 0.1) is 6.10 Å². The van der Waals surface area contributed by atoms with Gasteiger partial charge in [0.2, 0.25) is 0 Å². The summed E-state index contributed by atoms with van der Waals surface area (Å²) in [6.07, 6.45) is 3.03. The van der Waals surface area contributed by atoms with Crippen molar-refractivity contribution < 1.29 is 9.90 Å². The number of aliphatic hydroxyl groups is 1. The van der Waals surface area contributed by atoms with E-state index < -0.39 is 0 Å². The van der Waals surface area contributed by atoms with Gasteiger partial charge in [-0.05, 0) is 43.4 Å². The Balaban J connectivity index is 1.64. The van der Waals surface area contributed by atoms with Crippen LogP contribution in [0.5, 0.6) is 0 Å². The number of aliphatic hydroxyl groups excluding tert-OH is 1. The van der Waals surface area contributed by atoms with Gasteiger partial charge in [0.1, 0.15) is 5.69 Å². The molecule has 0 saturated heterocycles. The molecule has 110 valence electrons. The van der Waals surface area contributed by atoms with E-state index in [-0.39, 0.29) is 18.1 Å². The molecule has 3 rings (SSSR count). The Morgan fingerprint density at radius 2 is 1.76 bits per heavy atom. The normalized spacial score (nSPS) is 22.0. The maximum Gasteiger partial charge on any atom is 0.267 e. The van der Waals surface area contributed by atoms with E-state index in [1.165, 1.54) is 0 Å². The zero-order chi connectivity index (χ0) is 14.7. The molecular weight excluding hydrogens is 264 g/mol. The van der Waals surface area contributed by atoms with Crippen molar-refractivity contribution in [1.29, 1.82) is 0 Å². The summed E-state index contributed by atoms with van der Waals surface area (Å²) >= 11 is 0. The molecule has 1 aliphatic rings. The number of hydrogen-bond acceptors (Lipinski definition) is 2. The Hall–Kier alpha value is -2.07. The lowest BCUT2D eigenvalue weighted by molar-refractivity contribution is 0.0864. The van der Waals surface area contributed by atoms with Crippen LogP contribution < -0.4 is 5.32 Å².